The summed E-state index contributed by atoms with van der Waals surface area (Å²) in [7, 11) is 0. The topological polar surface area (TPSA) is 48.9 Å². The van der Waals surface area contributed by atoms with Gasteiger partial charge in [-0.15, -0.1) is 0 Å². The van der Waals surface area contributed by atoms with Gasteiger partial charge in [0.05, 0.1) is 11.7 Å². The number of aromatic hydroxyl groups is 1. The molecule has 1 heterocycles. The number of hydrogen-bond acceptors (Lipinski definition) is 2. The van der Waals surface area contributed by atoms with E-state index in [9.17, 15) is 5.11 Å². The molecule has 1 aromatic heterocycles. The van der Waals surface area contributed by atoms with Crippen molar-refractivity contribution in [2.24, 2.45) is 0 Å². The molecule has 3 rings (SSSR count). The Labute approximate surface area is 92.4 Å². The normalized spacial score (nSPS) is 10.8. The largest absolute Gasteiger partial charge is 0.507 e. The Hall–Kier alpha value is -2.29. The minimum absolute atomic E-state index is 0.288. The maximum Gasteiger partial charge on any atom is 0.123 e. The van der Waals surface area contributed by atoms with Gasteiger partial charge in [-0.2, -0.15) is 5.10 Å². The van der Waals surface area contributed by atoms with Crippen molar-refractivity contribution in [3.8, 4) is 16.9 Å². The minimum Gasteiger partial charge on any atom is -0.507 e. The number of phenols is 1. The molecule has 0 amide bonds. The Morgan fingerprint density at radius 3 is 2.62 bits per heavy atom. The fourth-order valence-electron chi connectivity index (χ4n) is 1.90. The Balaban J connectivity index is 2.34. The first kappa shape index (κ1) is 8.97. The molecule has 2 N–H and O–H groups in total. The average molecular weight is 210 g/mol. The number of phenolic OH excluding ortho intramolecular Hbond substituents is 1. The third-order valence-electron chi connectivity index (χ3n) is 2.68. The molecule has 0 spiro atoms. The maximum atomic E-state index is 9.83. The van der Waals surface area contributed by atoms with Gasteiger partial charge in [0.25, 0.3) is 0 Å². The van der Waals surface area contributed by atoms with Crippen LogP contribution in [0.5, 0.6) is 5.75 Å². The summed E-state index contributed by atoms with van der Waals surface area (Å²) in [5, 5.41) is 17.8. The average Bonchev–Trinajstić information content (AvgIpc) is 2.77. The Bertz CT molecular complexity index is 643. The van der Waals surface area contributed by atoms with Crippen molar-refractivity contribution in [2.45, 2.75) is 0 Å². The number of aromatic amines is 1. The van der Waals surface area contributed by atoms with E-state index >= 15 is 0 Å². The van der Waals surface area contributed by atoms with Crippen LogP contribution >= 0.6 is 0 Å². The number of nitrogens with zero attached hydrogens (tertiary/aromatic N) is 1. The van der Waals surface area contributed by atoms with E-state index in [0.717, 1.165) is 22.0 Å². The summed E-state index contributed by atoms with van der Waals surface area (Å²) in [5.41, 5.74) is 2.79. The number of hydrogen-bond donors (Lipinski definition) is 2. The van der Waals surface area contributed by atoms with E-state index < -0.39 is 0 Å². The Morgan fingerprint density at radius 1 is 0.938 bits per heavy atom. The van der Waals surface area contributed by atoms with Gasteiger partial charge in [-0.1, -0.05) is 30.3 Å². The van der Waals surface area contributed by atoms with Crippen molar-refractivity contribution < 1.29 is 5.11 Å². The van der Waals surface area contributed by atoms with E-state index in [-0.39, 0.29) is 5.75 Å². The van der Waals surface area contributed by atoms with Gasteiger partial charge in [-0.05, 0) is 17.7 Å². The number of H-pyrrole nitrogens is 1. The number of rotatable bonds is 1. The highest BCUT2D eigenvalue weighted by Gasteiger charge is 2.07. The third kappa shape index (κ3) is 1.26. The Kier molecular flexibility index (Phi) is 1.90. The van der Waals surface area contributed by atoms with E-state index in [1.807, 2.05) is 36.4 Å². The monoisotopic (exact) mass is 210 g/mol. The van der Waals surface area contributed by atoms with Crippen molar-refractivity contribution >= 4 is 10.9 Å². The van der Waals surface area contributed by atoms with Gasteiger partial charge < -0.3 is 5.11 Å². The fraction of sp³-hybridized carbons (Fsp3) is 0. The van der Waals surface area contributed by atoms with Gasteiger partial charge in [0, 0.05) is 10.9 Å². The minimum atomic E-state index is 0.288. The zero-order chi connectivity index (χ0) is 11.0. The van der Waals surface area contributed by atoms with Gasteiger partial charge >= 0.3 is 0 Å². The van der Waals surface area contributed by atoms with Gasteiger partial charge in [-0.3, -0.25) is 5.10 Å². The van der Waals surface area contributed by atoms with E-state index in [0.29, 0.717) is 0 Å². The quantitative estimate of drug-likeness (QED) is 0.648. The molecule has 2 aromatic carbocycles. The van der Waals surface area contributed by atoms with Crippen molar-refractivity contribution in [3.63, 3.8) is 0 Å². The van der Waals surface area contributed by atoms with Crippen LogP contribution in [0, 0.1) is 0 Å². The van der Waals surface area contributed by atoms with Gasteiger partial charge in [-0.25, -0.2) is 0 Å². The molecule has 78 valence electrons. The first-order valence-corrected chi connectivity index (χ1v) is 5.07. The lowest BCUT2D eigenvalue weighted by atomic mass is 10.0. The van der Waals surface area contributed by atoms with E-state index in [2.05, 4.69) is 10.2 Å². The standard InChI is InChI=1S/C13H10N2O/c16-13-7-2-1-4-10(13)9-5-3-6-12-11(9)8-14-15-12/h1-8,16H,(H,14,15). The van der Waals surface area contributed by atoms with Crippen molar-refractivity contribution in [3.05, 3.63) is 48.7 Å². The molecule has 0 unspecified atom stereocenters. The highest BCUT2D eigenvalue weighted by atomic mass is 16.3. The van der Waals surface area contributed by atoms with Crippen molar-refractivity contribution in [1.29, 1.82) is 0 Å². The van der Waals surface area contributed by atoms with Crippen LogP contribution < -0.4 is 0 Å². The predicted molar refractivity (Wildman–Crippen MR) is 63.2 cm³/mol. The zero-order valence-corrected chi connectivity index (χ0v) is 8.51. The van der Waals surface area contributed by atoms with E-state index in [4.69, 9.17) is 0 Å². The molecule has 0 bridgehead atoms. The Morgan fingerprint density at radius 2 is 1.75 bits per heavy atom. The summed E-state index contributed by atoms with van der Waals surface area (Å²) < 4.78 is 0. The smallest absolute Gasteiger partial charge is 0.123 e. The second-order valence-electron chi connectivity index (χ2n) is 3.65. The molecule has 0 fully saturated rings. The molecule has 0 saturated carbocycles. The number of benzene rings is 2. The third-order valence-corrected chi connectivity index (χ3v) is 2.68. The summed E-state index contributed by atoms with van der Waals surface area (Å²) in [6.45, 7) is 0. The molecule has 3 aromatic rings. The van der Waals surface area contributed by atoms with Crippen molar-refractivity contribution in [2.75, 3.05) is 0 Å². The van der Waals surface area contributed by atoms with Crippen LogP contribution in [0.15, 0.2) is 48.7 Å². The maximum absolute atomic E-state index is 9.83. The molecule has 3 nitrogen and oxygen atoms in total. The second kappa shape index (κ2) is 3.38. The second-order valence-corrected chi connectivity index (χ2v) is 3.65. The van der Waals surface area contributed by atoms with Crippen LogP contribution in [0.2, 0.25) is 0 Å². The lowest BCUT2D eigenvalue weighted by Gasteiger charge is -2.05. The molecule has 0 saturated heterocycles. The van der Waals surface area contributed by atoms with Crippen LogP contribution in [-0.2, 0) is 0 Å². The first-order valence-electron chi connectivity index (χ1n) is 5.07. The van der Waals surface area contributed by atoms with E-state index in [1.54, 1.807) is 12.3 Å². The molecule has 0 aliphatic heterocycles. The molecule has 3 heteroatoms. The highest BCUT2D eigenvalue weighted by molar-refractivity contribution is 5.95. The fourth-order valence-corrected chi connectivity index (χ4v) is 1.90. The van der Waals surface area contributed by atoms with Crippen molar-refractivity contribution in [1.82, 2.24) is 10.2 Å². The number of aromatic nitrogens is 2. The molecule has 0 aliphatic carbocycles. The lowest BCUT2D eigenvalue weighted by Crippen LogP contribution is -1.79. The lowest BCUT2D eigenvalue weighted by molar-refractivity contribution is 0.477. The molecular weight excluding hydrogens is 200 g/mol. The number of fused-ring (bicyclic) bond motifs is 1. The zero-order valence-electron chi connectivity index (χ0n) is 8.51. The van der Waals surface area contributed by atoms with Crippen LogP contribution in [0.3, 0.4) is 0 Å². The number of para-hydroxylation sites is 1. The summed E-state index contributed by atoms with van der Waals surface area (Å²) in [4.78, 5) is 0. The van der Waals surface area contributed by atoms with Crippen LogP contribution in [0.1, 0.15) is 0 Å². The predicted octanol–water partition coefficient (Wildman–Crippen LogP) is 2.94. The molecule has 16 heavy (non-hydrogen) atoms. The SMILES string of the molecule is Oc1ccccc1-c1cccc2[nH]ncc12. The van der Waals surface area contributed by atoms with Crippen LogP contribution in [-0.4, -0.2) is 15.3 Å². The van der Waals surface area contributed by atoms with Gasteiger partial charge in [0.2, 0.25) is 0 Å². The van der Waals surface area contributed by atoms with E-state index in [1.165, 1.54) is 0 Å². The molecular formula is C13H10N2O. The van der Waals surface area contributed by atoms with Crippen LogP contribution in [0.25, 0.3) is 22.0 Å². The molecule has 0 radical (unpaired) electrons. The summed E-state index contributed by atoms with van der Waals surface area (Å²) in [6, 6.07) is 13.2. The summed E-state index contributed by atoms with van der Waals surface area (Å²) in [6.07, 6.45) is 1.77. The molecule has 0 aliphatic rings. The first-order chi connectivity index (χ1) is 7.86. The van der Waals surface area contributed by atoms with Gasteiger partial charge in [0.15, 0.2) is 0 Å². The number of nitrogens with one attached hydrogen (secondary N) is 1. The summed E-state index contributed by atoms with van der Waals surface area (Å²) >= 11 is 0. The summed E-state index contributed by atoms with van der Waals surface area (Å²) in [5.74, 6) is 0.288. The molecule has 0 atom stereocenters. The van der Waals surface area contributed by atoms with Gasteiger partial charge in [0.1, 0.15) is 5.75 Å². The van der Waals surface area contributed by atoms with Crippen LogP contribution in [0.4, 0.5) is 0 Å². The highest BCUT2D eigenvalue weighted by Crippen LogP contribution is 2.33.